The first-order chi connectivity index (χ1) is 13.9. The fourth-order valence-electron chi connectivity index (χ4n) is 2.66. The molecule has 1 heterocycles. The second-order valence-corrected chi connectivity index (χ2v) is 5.82. The Bertz CT molecular complexity index is 1160. The van der Waals surface area contributed by atoms with Gasteiger partial charge in [-0.3, -0.25) is 20.2 Å². The van der Waals surface area contributed by atoms with E-state index >= 15 is 0 Å². The number of hydrogen-bond donors (Lipinski definition) is 0. The van der Waals surface area contributed by atoms with Gasteiger partial charge in [0.15, 0.2) is 0 Å². The van der Waals surface area contributed by atoms with Gasteiger partial charge in [0.1, 0.15) is 17.3 Å². The summed E-state index contributed by atoms with van der Waals surface area (Å²) >= 11 is 0. The zero-order valence-corrected chi connectivity index (χ0v) is 15.1. The summed E-state index contributed by atoms with van der Waals surface area (Å²) in [4.78, 5) is 20.8. The van der Waals surface area contributed by atoms with Gasteiger partial charge in [0, 0.05) is 24.3 Å². The third-order valence-electron chi connectivity index (χ3n) is 4.08. The molecule has 0 unspecified atom stereocenters. The molecule has 3 aromatic rings. The van der Waals surface area contributed by atoms with Crippen molar-refractivity contribution in [2.24, 2.45) is 0 Å². The molecule has 144 valence electrons. The van der Waals surface area contributed by atoms with Crippen molar-refractivity contribution >= 4 is 23.0 Å². The number of nitriles is 1. The summed E-state index contributed by atoms with van der Waals surface area (Å²) in [6.07, 6.45) is 1.48. The van der Waals surface area contributed by atoms with E-state index in [9.17, 15) is 25.5 Å². The maximum Gasteiger partial charge on any atom is 0.270 e. The predicted octanol–water partition coefficient (Wildman–Crippen LogP) is 4.84. The van der Waals surface area contributed by atoms with Crippen LogP contribution in [-0.2, 0) is 0 Å². The van der Waals surface area contributed by atoms with E-state index in [1.54, 1.807) is 12.1 Å². The fourth-order valence-corrected chi connectivity index (χ4v) is 2.66. The van der Waals surface area contributed by atoms with Gasteiger partial charge in [-0.15, -0.1) is 0 Å². The molecular weight excluding hydrogens is 378 g/mol. The van der Waals surface area contributed by atoms with E-state index in [1.165, 1.54) is 55.7 Å². The highest BCUT2D eigenvalue weighted by Crippen LogP contribution is 2.35. The molecule has 0 atom stereocenters. The molecule has 0 amide bonds. The lowest BCUT2D eigenvalue weighted by Gasteiger charge is -2.05. The van der Waals surface area contributed by atoms with Crippen LogP contribution >= 0.6 is 0 Å². The Morgan fingerprint density at radius 2 is 1.69 bits per heavy atom. The summed E-state index contributed by atoms with van der Waals surface area (Å²) in [5.41, 5.74) is 0.938. The zero-order valence-electron chi connectivity index (χ0n) is 15.1. The van der Waals surface area contributed by atoms with Crippen molar-refractivity contribution < 1.29 is 19.0 Å². The maximum absolute atomic E-state index is 11.0. The van der Waals surface area contributed by atoms with Crippen LogP contribution in [0.3, 0.4) is 0 Å². The van der Waals surface area contributed by atoms with Crippen LogP contribution in [0.15, 0.2) is 59.0 Å². The number of furan rings is 1. The molecule has 1 aromatic heterocycles. The monoisotopic (exact) mass is 391 g/mol. The average molecular weight is 391 g/mol. The minimum atomic E-state index is -0.523. The van der Waals surface area contributed by atoms with Gasteiger partial charge in [-0.1, -0.05) is 0 Å². The molecule has 9 nitrogen and oxygen atoms in total. The number of rotatable bonds is 6. The van der Waals surface area contributed by atoms with Crippen molar-refractivity contribution in [2.75, 3.05) is 7.11 Å². The van der Waals surface area contributed by atoms with Crippen LogP contribution in [0.4, 0.5) is 11.4 Å². The Balaban J connectivity index is 1.97. The standard InChI is InChI=1S/C20H13N3O6/c1-28-19-8-6-16(23(26)27)11-18(19)20-9-7-17(29-20)10-14(12-21)13-2-4-15(5-3-13)22(24)25/h2-11H,1H3/b14-10-. The Kier molecular flexibility index (Phi) is 5.37. The number of ether oxygens (including phenoxy) is 1. The maximum atomic E-state index is 11.0. The zero-order chi connectivity index (χ0) is 21.0. The fraction of sp³-hybridized carbons (Fsp3) is 0.0500. The molecule has 0 aliphatic carbocycles. The Morgan fingerprint density at radius 1 is 1.03 bits per heavy atom. The Labute approximate surface area is 164 Å². The first-order valence-corrected chi connectivity index (χ1v) is 8.22. The lowest BCUT2D eigenvalue weighted by molar-refractivity contribution is -0.385. The molecule has 0 fully saturated rings. The van der Waals surface area contributed by atoms with Crippen LogP contribution in [0, 0.1) is 31.6 Å². The molecule has 3 rings (SSSR count). The van der Waals surface area contributed by atoms with Crippen LogP contribution in [-0.4, -0.2) is 17.0 Å². The number of nitrogens with zero attached hydrogens (tertiary/aromatic N) is 3. The Hall–Kier alpha value is -4.45. The highest BCUT2D eigenvalue weighted by molar-refractivity contribution is 5.89. The van der Waals surface area contributed by atoms with Crippen molar-refractivity contribution in [3.05, 3.63) is 86.1 Å². The molecule has 0 saturated heterocycles. The molecule has 2 aromatic carbocycles. The number of benzene rings is 2. The first kappa shape index (κ1) is 19.3. The summed E-state index contributed by atoms with van der Waals surface area (Å²) in [7, 11) is 1.44. The topological polar surface area (TPSA) is 132 Å². The average Bonchev–Trinajstić information content (AvgIpc) is 3.20. The highest BCUT2D eigenvalue weighted by atomic mass is 16.6. The van der Waals surface area contributed by atoms with Gasteiger partial charge in [-0.05, 0) is 42.0 Å². The van der Waals surface area contributed by atoms with Crippen LogP contribution in [0.25, 0.3) is 23.0 Å². The van der Waals surface area contributed by atoms with E-state index < -0.39 is 9.85 Å². The van der Waals surface area contributed by atoms with Gasteiger partial charge >= 0.3 is 0 Å². The van der Waals surface area contributed by atoms with Gasteiger partial charge in [0.25, 0.3) is 11.4 Å². The second-order valence-electron chi connectivity index (χ2n) is 5.82. The van der Waals surface area contributed by atoms with E-state index in [0.717, 1.165) is 0 Å². The third-order valence-corrected chi connectivity index (χ3v) is 4.08. The van der Waals surface area contributed by atoms with E-state index in [4.69, 9.17) is 9.15 Å². The molecule has 0 saturated carbocycles. The normalized spacial score (nSPS) is 11.0. The van der Waals surface area contributed by atoms with Crippen molar-refractivity contribution in [2.45, 2.75) is 0 Å². The minimum Gasteiger partial charge on any atom is -0.496 e. The molecular formula is C20H13N3O6. The molecule has 0 spiro atoms. The van der Waals surface area contributed by atoms with Crippen LogP contribution < -0.4 is 4.74 Å². The molecule has 9 heteroatoms. The number of allylic oxidation sites excluding steroid dienone is 1. The molecule has 0 N–H and O–H groups in total. The van der Waals surface area contributed by atoms with Gasteiger partial charge in [-0.2, -0.15) is 5.26 Å². The molecule has 0 aliphatic rings. The van der Waals surface area contributed by atoms with Gasteiger partial charge in [-0.25, -0.2) is 0 Å². The van der Waals surface area contributed by atoms with Crippen LogP contribution in [0.1, 0.15) is 11.3 Å². The molecule has 0 radical (unpaired) electrons. The summed E-state index contributed by atoms with van der Waals surface area (Å²) in [6.45, 7) is 0. The number of hydrogen-bond acceptors (Lipinski definition) is 7. The van der Waals surface area contributed by atoms with Gasteiger partial charge in [0.2, 0.25) is 0 Å². The number of nitro benzene ring substituents is 2. The quantitative estimate of drug-likeness (QED) is 0.333. The smallest absolute Gasteiger partial charge is 0.270 e. The predicted molar refractivity (Wildman–Crippen MR) is 104 cm³/mol. The third kappa shape index (κ3) is 4.12. The van der Waals surface area contributed by atoms with Gasteiger partial charge in [0.05, 0.1) is 34.2 Å². The van der Waals surface area contributed by atoms with Crippen molar-refractivity contribution in [3.63, 3.8) is 0 Å². The highest BCUT2D eigenvalue weighted by Gasteiger charge is 2.16. The second kappa shape index (κ2) is 8.06. The first-order valence-electron chi connectivity index (χ1n) is 8.22. The number of methoxy groups -OCH3 is 1. The Morgan fingerprint density at radius 3 is 2.28 bits per heavy atom. The lowest BCUT2D eigenvalue weighted by Crippen LogP contribution is -1.91. The van der Waals surface area contributed by atoms with Gasteiger partial charge < -0.3 is 9.15 Å². The molecule has 0 aliphatic heterocycles. The van der Waals surface area contributed by atoms with Crippen molar-refractivity contribution in [1.29, 1.82) is 5.26 Å². The van der Waals surface area contributed by atoms with Crippen molar-refractivity contribution in [1.82, 2.24) is 0 Å². The van der Waals surface area contributed by atoms with E-state index in [1.807, 2.05) is 6.07 Å². The van der Waals surface area contributed by atoms with E-state index in [0.29, 0.717) is 28.4 Å². The number of non-ortho nitro benzene ring substituents is 2. The molecule has 29 heavy (non-hydrogen) atoms. The van der Waals surface area contributed by atoms with Crippen LogP contribution in [0.5, 0.6) is 5.75 Å². The summed E-state index contributed by atoms with van der Waals surface area (Å²) in [6, 6.07) is 14.9. The SMILES string of the molecule is COc1ccc([N+](=O)[O-])cc1-c1ccc(/C=C(/C#N)c2ccc([N+](=O)[O-])cc2)o1. The van der Waals surface area contributed by atoms with Crippen LogP contribution in [0.2, 0.25) is 0 Å². The summed E-state index contributed by atoms with van der Waals surface area (Å²) in [5, 5.41) is 31.2. The molecule has 0 bridgehead atoms. The van der Waals surface area contributed by atoms with E-state index in [-0.39, 0.29) is 16.9 Å². The van der Waals surface area contributed by atoms with Crippen molar-refractivity contribution in [3.8, 4) is 23.1 Å². The summed E-state index contributed by atoms with van der Waals surface area (Å²) in [5.74, 6) is 1.07. The largest absolute Gasteiger partial charge is 0.496 e. The minimum absolute atomic E-state index is 0.0795. The van der Waals surface area contributed by atoms with E-state index in [2.05, 4.69) is 0 Å². The number of nitro groups is 2. The lowest BCUT2D eigenvalue weighted by atomic mass is 10.1. The summed E-state index contributed by atoms with van der Waals surface area (Å²) < 4.78 is 11.0.